The first-order chi connectivity index (χ1) is 10.0. The Labute approximate surface area is 128 Å². The smallest absolute Gasteiger partial charge is 0.275 e. The van der Waals surface area contributed by atoms with Crippen molar-refractivity contribution in [2.75, 3.05) is 0 Å². The zero-order chi connectivity index (χ0) is 15.1. The Morgan fingerprint density at radius 1 is 1.38 bits per heavy atom. The van der Waals surface area contributed by atoms with E-state index < -0.39 is 0 Å². The second-order valence-electron chi connectivity index (χ2n) is 5.31. The van der Waals surface area contributed by atoms with E-state index in [-0.39, 0.29) is 11.9 Å². The molecule has 1 amide bonds. The van der Waals surface area contributed by atoms with E-state index in [2.05, 4.69) is 11.7 Å². The molecule has 0 spiro atoms. The van der Waals surface area contributed by atoms with Gasteiger partial charge in [0.1, 0.15) is 0 Å². The van der Waals surface area contributed by atoms with Crippen molar-refractivity contribution in [1.82, 2.24) is 14.7 Å². The van der Waals surface area contributed by atoms with Gasteiger partial charge in [-0.25, -0.2) is 4.68 Å². The summed E-state index contributed by atoms with van der Waals surface area (Å²) in [5.74, 6) is -0.0334. The van der Waals surface area contributed by atoms with Crippen LogP contribution in [-0.2, 0) is 6.54 Å². The molecule has 0 saturated heterocycles. The van der Waals surface area contributed by atoms with Crippen LogP contribution in [0, 0.1) is 0 Å². The van der Waals surface area contributed by atoms with Gasteiger partial charge in [0, 0.05) is 11.6 Å². The summed E-state index contributed by atoms with van der Waals surface area (Å²) in [6.07, 6.45) is 1.73. The molecule has 21 heavy (non-hydrogen) atoms. The van der Waals surface area contributed by atoms with Gasteiger partial charge in [0.2, 0.25) is 0 Å². The average molecular weight is 302 g/mol. The monoisotopic (exact) mass is 301 g/mol. The van der Waals surface area contributed by atoms with Gasteiger partial charge in [-0.1, -0.05) is 30.3 Å². The maximum Gasteiger partial charge on any atom is 0.275 e. The second kappa shape index (κ2) is 5.04. The standard InChI is InChI=1S/C16H16ClN3O/c1-4-13-11-9-19(10(2)3)16(21)15(11)18-20(13)14-8-6-5-7-12(14)17/h4-8,10H,1,9H2,2-3H3. The number of amides is 1. The molecule has 0 N–H and O–H groups in total. The van der Waals surface area contributed by atoms with Crippen LogP contribution in [0.4, 0.5) is 0 Å². The molecule has 1 aliphatic rings. The van der Waals surface area contributed by atoms with E-state index in [9.17, 15) is 4.79 Å². The number of nitrogens with zero attached hydrogens (tertiary/aromatic N) is 3. The number of carbonyl (C=O) groups excluding carboxylic acids is 1. The normalized spacial score (nSPS) is 13.9. The van der Waals surface area contributed by atoms with Crippen molar-refractivity contribution in [3.05, 3.63) is 52.8 Å². The molecule has 0 unspecified atom stereocenters. The summed E-state index contributed by atoms with van der Waals surface area (Å²) in [5, 5.41) is 5.07. The van der Waals surface area contributed by atoms with E-state index in [0.29, 0.717) is 17.3 Å². The van der Waals surface area contributed by atoms with Crippen molar-refractivity contribution in [2.24, 2.45) is 0 Å². The first kappa shape index (κ1) is 13.9. The van der Waals surface area contributed by atoms with Gasteiger partial charge in [-0.3, -0.25) is 4.79 Å². The van der Waals surface area contributed by atoms with Gasteiger partial charge in [0.15, 0.2) is 5.69 Å². The van der Waals surface area contributed by atoms with Crippen molar-refractivity contribution in [3.63, 3.8) is 0 Å². The van der Waals surface area contributed by atoms with E-state index in [0.717, 1.165) is 16.9 Å². The van der Waals surface area contributed by atoms with Crippen LogP contribution in [0.5, 0.6) is 0 Å². The molecule has 0 atom stereocenters. The summed E-state index contributed by atoms with van der Waals surface area (Å²) in [7, 11) is 0. The van der Waals surface area contributed by atoms with Crippen LogP contribution in [0.25, 0.3) is 11.8 Å². The lowest BCUT2D eigenvalue weighted by molar-refractivity contribution is 0.0723. The van der Waals surface area contributed by atoms with E-state index in [4.69, 9.17) is 11.6 Å². The fourth-order valence-corrected chi connectivity index (χ4v) is 2.82. The molecular weight excluding hydrogens is 286 g/mol. The molecule has 0 radical (unpaired) electrons. The van der Waals surface area contributed by atoms with Crippen LogP contribution >= 0.6 is 11.6 Å². The van der Waals surface area contributed by atoms with Gasteiger partial charge in [-0.15, -0.1) is 0 Å². The number of hydrogen-bond acceptors (Lipinski definition) is 2. The third-order valence-corrected chi connectivity index (χ3v) is 4.03. The van der Waals surface area contributed by atoms with Crippen molar-refractivity contribution < 1.29 is 4.79 Å². The minimum absolute atomic E-state index is 0.0334. The summed E-state index contributed by atoms with van der Waals surface area (Å²) in [4.78, 5) is 14.2. The number of rotatable bonds is 3. The van der Waals surface area contributed by atoms with Crippen LogP contribution in [0.2, 0.25) is 5.02 Å². The Hall–Kier alpha value is -2.07. The lowest BCUT2D eigenvalue weighted by Gasteiger charge is -2.20. The lowest BCUT2D eigenvalue weighted by Crippen LogP contribution is -2.31. The molecule has 1 aromatic heterocycles. The summed E-state index contributed by atoms with van der Waals surface area (Å²) in [6.45, 7) is 8.42. The average Bonchev–Trinajstić information content (AvgIpc) is 2.96. The number of fused-ring (bicyclic) bond motifs is 1. The first-order valence-corrected chi connectivity index (χ1v) is 7.22. The molecule has 5 heteroatoms. The largest absolute Gasteiger partial charge is 0.330 e. The minimum atomic E-state index is -0.0334. The van der Waals surface area contributed by atoms with Gasteiger partial charge >= 0.3 is 0 Å². The highest BCUT2D eigenvalue weighted by Crippen LogP contribution is 2.31. The number of hydrogen-bond donors (Lipinski definition) is 0. The Bertz CT molecular complexity index is 733. The van der Waals surface area contributed by atoms with Gasteiger partial charge in [-0.2, -0.15) is 5.10 Å². The second-order valence-corrected chi connectivity index (χ2v) is 5.71. The number of aromatic nitrogens is 2. The third kappa shape index (κ3) is 2.07. The Kier molecular flexibility index (Phi) is 3.33. The van der Waals surface area contributed by atoms with Crippen LogP contribution < -0.4 is 0 Å². The fourth-order valence-electron chi connectivity index (χ4n) is 2.60. The number of benzene rings is 1. The van der Waals surface area contributed by atoms with Crippen LogP contribution in [-0.4, -0.2) is 26.6 Å². The molecule has 2 aromatic rings. The Balaban J connectivity index is 2.15. The number of halogens is 1. The zero-order valence-electron chi connectivity index (χ0n) is 12.0. The van der Waals surface area contributed by atoms with Crippen LogP contribution in [0.3, 0.4) is 0 Å². The molecule has 0 fully saturated rings. The maximum atomic E-state index is 12.4. The lowest BCUT2D eigenvalue weighted by atomic mass is 10.2. The summed E-state index contributed by atoms with van der Waals surface area (Å²) in [6, 6.07) is 7.59. The third-order valence-electron chi connectivity index (χ3n) is 3.71. The highest BCUT2D eigenvalue weighted by Gasteiger charge is 2.35. The Morgan fingerprint density at radius 2 is 2.10 bits per heavy atom. The first-order valence-electron chi connectivity index (χ1n) is 6.84. The highest BCUT2D eigenvalue weighted by molar-refractivity contribution is 6.32. The summed E-state index contributed by atoms with van der Waals surface area (Å²) < 4.78 is 1.70. The van der Waals surface area contributed by atoms with Crippen molar-refractivity contribution in [2.45, 2.75) is 26.4 Å². The molecule has 1 aromatic carbocycles. The van der Waals surface area contributed by atoms with Crippen LogP contribution in [0.15, 0.2) is 30.8 Å². The van der Waals surface area contributed by atoms with E-state index in [1.54, 1.807) is 16.8 Å². The molecule has 0 bridgehead atoms. The summed E-state index contributed by atoms with van der Waals surface area (Å²) in [5.41, 5.74) is 3.00. The molecule has 1 aliphatic heterocycles. The summed E-state index contributed by atoms with van der Waals surface area (Å²) >= 11 is 6.24. The number of carbonyl (C=O) groups is 1. The molecule has 3 rings (SSSR count). The minimum Gasteiger partial charge on any atom is -0.330 e. The molecule has 2 heterocycles. The molecule has 0 aliphatic carbocycles. The van der Waals surface area contributed by atoms with Gasteiger partial charge in [0.05, 0.1) is 22.9 Å². The van der Waals surface area contributed by atoms with E-state index in [1.165, 1.54) is 0 Å². The molecule has 0 saturated carbocycles. The van der Waals surface area contributed by atoms with E-state index in [1.807, 2.05) is 36.9 Å². The predicted octanol–water partition coefficient (Wildman–Crippen LogP) is 3.53. The molecule has 108 valence electrons. The van der Waals surface area contributed by atoms with Gasteiger partial charge in [0.25, 0.3) is 5.91 Å². The van der Waals surface area contributed by atoms with Crippen molar-refractivity contribution in [3.8, 4) is 5.69 Å². The van der Waals surface area contributed by atoms with Gasteiger partial charge in [-0.05, 0) is 32.1 Å². The van der Waals surface area contributed by atoms with Crippen LogP contribution in [0.1, 0.15) is 35.6 Å². The maximum absolute atomic E-state index is 12.4. The fraction of sp³-hybridized carbons (Fsp3) is 0.250. The topological polar surface area (TPSA) is 38.1 Å². The number of para-hydroxylation sites is 1. The SMILES string of the molecule is C=Cc1c2c(nn1-c1ccccc1Cl)C(=O)N(C(C)C)C2. The molecule has 4 nitrogen and oxygen atoms in total. The predicted molar refractivity (Wildman–Crippen MR) is 83.7 cm³/mol. The van der Waals surface area contributed by atoms with Gasteiger partial charge < -0.3 is 4.90 Å². The van der Waals surface area contributed by atoms with E-state index >= 15 is 0 Å². The van der Waals surface area contributed by atoms with Crippen molar-refractivity contribution in [1.29, 1.82) is 0 Å². The Morgan fingerprint density at radius 3 is 2.71 bits per heavy atom. The quantitative estimate of drug-likeness (QED) is 0.870. The van der Waals surface area contributed by atoms with Crippen molar-refractivity contribution >= 4 is 23.6 Å². The molecular formula is C16H16ClN3O. The zero-order valence-corrected chi connectivity index (χ0v) is 12.8. The highest BCUT2D eigenvalue weighted by atomic mass is 35.5.